The molecule has 0 fully saturated rings. The lowest BCUT2D eigenvalue weighted by molar-refractivity contribution is 1.09. The molecule has 4 heteroatoms. The number of fused-ring (bicyclic) bond motifs is 1. The molecule has 0 aliphatic carbocycles. The monoisotopic (exact) mass is 165 g/mol. The van der Waals surface area contributed by atoms with Crippen LogP contribution < -0.4 is 5.73 Å². The Hall–Kier alpha value is -1.16. The van der Waals surface area contributed by atoms with Crippen LogP contribution in [0.3, 0.4) is 0 Å². The summed E-state index contributed by atoms with van der Waals surface area (Å²) in [7, 11) is 0. The van der Waals surface area contributed by atoms with Crippen LogP contribution in [-0.2, 0) is 0 Å². The van der Waals surface area contributed by atoms with Gasteiger partial charge in [0.15, 0.2) is 0 Å². The number of hydrogen-bond donors (Lipinski definition) is 1. The third kappa shape index (κ3) is 0.952. The molecule has 0 spiro atoms. The fourth-order valence-electron chi connectivity index (χ4n) is 0.946. The number of hydrogen-bond acceptors (Lipinski definition) is 4. The molecule has 0 aliphatic rings. The highest BCUT2D eigenvalue weighted by molar-refractivity contribution is 7.15. The van der Waals surface area contributed by atoms with Crippen molar-refractivity contribution in [2.45, 2.75) is 6.92 Å². The van der Waals surface area contributed by atoms with Gasteiger partial charge in [-0.15, -0.1) is 11.3 Å². The van der Waals surface area contributed by atoms with E-state index in [1.807, 2.05) is 12.3 Å². The Labute approximate surface area is 67.9 Å². The first-order valence-corrected chi connectivity index (χ1v) is 4.11. The molecule has 0 unspecified atom stereocenters. The second kappa shape index (κ2) is 2.17. The van der Waals surface area contributed by atoms with E-state index in [0.717, 1.165) is 21.7 Å². The molecule has 0 saturated heterocycles. The van der Waals surface area contributed by atoms with E-state index in [4.69, 9.17) is 5.73 Å². The second-order valence-corrected chi connectivity index (χ2v) is 3.23. The van der Waals surface area contributed by atoms with Crippen LogP contribution in [0.4, 0.5) is 5.00 Å². The highest BCUT2D eigenvalue weighted by atomic mass is 32.1. The van der Waals surface area contributed by atoms with E-state index in [0.29, 0.717) is 0 Å². The van der Waals surface area contributed by atoms with Crippen molar-refractivity contribution in [2.75, 3.05) is 5.73 Å². The predicted molar refractivity (Wildman–Crippen MR) is 46.6 cm³/mol. The van der Waals surface area contributed by atoms with Crippen LogP contribution in [0.1, 0.15) is 5.82 Å². The summed E-state index contributed by atoms with van der Waals surface area (Å²) in [6.07, 6.45) is 1.80. The quantitative estimate of drug-likeness (QED) is 0.644. The molecule has 0 atom stereocenters. The normalized spacial score (nSPS) is 10.6. The first kappa shape index (κ1) is 6.54. The van der Waals surface area contributed by atoms with Gasteiger partial charge in [0.05, 0.1) is 0 Å². The molecule has 0 amide bonds. The smallest absolute Gasteiger partial charge is 0.126 e. The summed E-state index contributed by atoms with van der Waals surface area (Å²) in [6, 6.07) is 0. The maximum atomic E-state index is 5.67. The number of nitrogen functional groups attached to an aromatic ring is 1. The molecule has 0 radical (unpaired) electrons. The zero-order valence-electron chi connectivity index (χ0n) is 6.03. The summed E-state index contributed by atoms with van der Waals surface area (Å²) in [5.41, 5.74) is 6.55. The lowest BCUT2D eigenvalue weighted by Gasteiger charge is -1.91. The molecule has 11 heavy (non-hydrogen) atoms. The number of aromatic nitrogens is 2. The molecule has 2 rings (SSSR count). The highest BCUT2D eigenvalue weighted by Gasteiger charge is 2.01. The molecule has 2 aromatic rings. The number of aryl methyl sites for hydroxylation is 1. The van der Waals surface area contributed by atoms with Crippen molar-refractivity contribution >= 4 is 27.2 Å². The minimum atomic E-state index is 0.766. The molecule has 56 valence electrons. The number of rotatable bonds is 0. The Bertz CT molecular complexity index is 393. The Balaban J connectivity index is 2.87. The Morgan fingerprint density at radius 1 is 1.55 bits per heavy atom. The van der Waals surface area contributed by atoms with Gasteiger partial charge in [0, 0.05) is 17.0 Å². The van der Waals surface area contributed by atoms with E-state index in [1.54, 1.807) is 6.20 Å². The molecule has 2 N–H and O–H groups in total. The van der Waals surface area contributed by atoms with Gasteiger partial charge in [-0.25, -0.2) is 9.97 Å². The average Bonchev–Trinajstić information content (AvgIpc) is 2.33. The predicted octanol–water partition coefficient (Wildman–Crippen LogP) is 1.58. The van der Waals surface area contributed by atoms with Crippen LogP contribution in [0, 0.1) is 6.92 Å². The van der Waals surface area contributed by atoms with E-state index in [1.165, 1.54) is 11.3 Å². The van der Waals surface area contributed by atoms with Gasteiger partial charge in [-0.1, -0.05) is 0 Å². The standard InChI is InChI=1S/C7H7N3S/c1-4-9-2-5-3-11-7(8)6(5)10-4/h2-3H,8H2,1H3. The van der Waals surface area contributed by atoms with Gasteiger partial charge >= 0.3 is 0 Å². The summed E-state index contributed by atoms with van der Waals surface area (Å²) in [5.74, 6) is 0.766. The fourth-order valence-corrected chi connectivity index (χ4v) is 1.65. The molecular formula is C7H7N3S. The topological polar surface area (TPSA) is 51.8 Å². The van der Waals surface area contributed by atoms with E-state index in [-0.39, 0.29) is 0 Å². The van der Waals surface area contributed by atoms with Crippen molar-refractivity contribution in [3.63, 3.8) is 0 Å². The molecule has 0 bridgehead atoms. The van der Waals surface area contributed by atoms with Crippen molar-refractivity contribution < 1.29 is 0 Å². The van der Waals surface area contributed by atoms with Crippen LogP contribution in [0.15, 0.2) is 11.6 Å². The first-order chi connectivity index (χ1) is 5.27. The van der Waals surface area contributed by atoms with Gasteiger partial charge < -0.3 is 5.73 Å². The van der Waals surface area contributed by atoms with Crippen LogP contribution in [0.25, 0.3) is 10.9 Å². The van der Waals surface area contributed by atoms with Crippen molar-refractivity contribution in [3.05, 3.63) is 17.4 Å². The van der Waals surface area contributed by atoms with Gasteiger partial charge in [0.25, 0.3) is 0 Å². The van der Waals surface area contributed by atoms with Crippen LogP contribution in [0.5, 0.6) is 0 Å². The SMILES string of the molecule is Cc1ncc2csc(N)c2n1. The van der Waals surface area contributed by atoms with Crippen LogP contribution in [0.2, 0.25) is 0 Å². The van der Waals surface area contributed by atoms with E-state index in [9.17, 15) is 0 Å². The van der Waals surface area contributed by atoms with Gasteiger partial charge in [-0.3, -0.25) is 0 Å². The highest BCUT2D eigenvalue weighted by Crippen LogP contribution is 2.24. The Morgan fingerprint density at radius 3 is 3.18 bits per heavy atom. The minimum absolute atomic E-state index is 0.766. The van der Waals surface area contributed by atoms with Gasteiger partial charge in [-0.05, 0) is 6.92 Å². The summed E-state index contributed by atoms with van der Waals surface area (Å²) >= 11 is 1.50. The summed E-state index contributed by atoms with van der Waals surface area (Å²) in [6.45, 7) is 1.86. The third-order valence-corrected chi connectivity index (χ3v) is 2.30. The molecule has 2 aromatic heterocycles. The number of thiophene rings is 1. The van der Waals surface area contributed by atoms with Crippen LogP contribution in [-0.4, -0.2) is 9.97 Å². The molecule has 0 aliphatic heterocycles. The number of nitrogens with two attached hydrogens (primary N) is 1. The maximum absolute atomic E-state index is 5.67. The summed E-state index contributed by atoms with van der Waals surface area (Å²) in [4.78, 5) is 8.27. The molecular weight excluding hydrogens is 158 g/mol. The van der Waals surface area contributed by atoms with E-state index >= 15 is 0 Å². The lowest BCUT2D eigenvalue weighted by Crippen LogP contribution is -1.87. The summed E-state index contributed by atoms with van der Waals surface area (Å²) in [5, 5.41) is 3.76. The van der Waals surface area contributed by atoms with Crippen LogP contribution >= 0.6 is 11.3 Å². The van der Waals surface area contributed by atoms with Crippen molar-refractivity contribution in [2.24, 2.45) is 0 Å². The largest absolute Gasteiger partial charge is 0.389 e. The second-order valence-electron chi connectivity index (χ2n) is 2.32. The molecule has 2 heterocycles. The fraction of sp³-hybridized carbons (Fsp3) is 0.143. The summed E-state index contributed by atoms with van der Waals surface area (Å²) < 4.78 is 0. The average molecular weight is 165 g/mol. The van der Waals surface area contributed by atoms with Gasteiger partial charge in [0.1, 0.15) is 16.3 Å². The van der Waals surface area contributed by atoms with E-state index < -0.39 is 0 Å². The first-order valence-electron chi connectivity index (χ1n) is 3.23. The molecule has 3 nitrogen and oxygen atoms in total. The minimum Gasteiger partial charge on any atom is -0.389 e. The van der Waals surface area contributed by atoms with Crippen molar-refractivity contribution in [3.8, 4) is 0 Å². The van der Waals surface area contributed by atoms with Crippen molar-refractivity contribution in [1.29, 1.82) is 0 Å². The number of nitrogens with zero attached hydrogens (tertiary/aromatic N) is 2. The molecule has 0 saturated carbocycles. The third-order valence-electron chi connectivity index (χ3n) is 1.48. The maximum Gasteiger partial charge on any atom is 0.126 e. The number of anilines is 1. The van der Waals surface area contributed by atoms with E-state index in [2.05, 4.69) is 9.97 Å². The zero-order valence-corrected chi connectivity index (χ0v) is 6.85. The molecule has 0 aromatic carbocycles. The Kier molecular flexibility index (Phi) is 1.29. The lowest BCUT2D eigenvalue weighted by atomic mass is 10.4. The Morgan fingerprint density at radius 2 is 2.36 bits per heavy atom. The van der Waals surface area contributed by atoms with Gasteiger partial charge in [0.2, 0.25) is 0 Å². The van der Waals surface area contributed by atoms with Gasteiger partial charge in [-0.2, -0.15) is 0 Å². The zero-order chi connectivity index (χ0) is 7.84. The van der Waals surface area contributed by atoms with Crippen molar-refractivity contribution in [1.82, 2.24) is 9.97 Å².